The molecule has 1 aliphatic rings. The van der Waals surface area contributed by atoms with E-state index in [0.29, 0.717) is 24.3 Å². The molecule has 0 bridgehead atoms. The van der Waals surface area contributed by atoms with Gasteiger partial charge in [0.1, 0.15) is 11.6 Å². The lowest BCUT2D eigenvalue weighted by atomic mass is 10.2. The molecule has 0 amide bonds. The highest BCUT2D eigenvalue weighted by molar-refractivity contribution is 6.20. The van der Waals surface area contributed by atoms with Gasteiger partial charge in [-0.25, -0.2) is 14.1 Å². The highest BCUT2D eigenvalue weighted by Crippen LogP contribution is 2.27. The Morgan fingerprint density at radius 1 is 1.35 bits per heavy atom. The number of halogens is 2. The Morgan fingerprint density at radius 2 is 2.05 bits per heavy atom. The van der Waals surface area contributed by atoms with Crippen LogP contribution in [0.25, 0.3) is 11.0 Å². The first-order valence-corrected chi connectivity index (χ1v) is 7.17. The highest BCUT2D eigenvalue weighted by Gasteiger charge is 2.22. The fourth-order valence-electron chi connectivity index (χ4n) is 2.52. The van der Waals surface area contributed by atoms with Crippen LogP contribution in [0.1, 0.15) is 23.7 Å². The normalized spacial score (nSPS) is 17.7. The number of ether oxygens (including phenoxy) is 1. The van der Waals surface area contributed by atoms with Gasteiger partial charge in [0.15, 0.2) is 0 Å². The molecule has 1 aromatic heterocycles. The Labute approximate surface area is 122 Å². The second-order valence-corrected chi connectivity index (χ2v) is 5.71. The third-order valence-corrected chi connectivity index (χ3v) is 3.76. The molecule has 2 aromatic rings. The molecular weight excluding hydrogens is 281 g/mol. The number of benzene rings is 1. The van der Waals surface area contributed by atoms with E-state index in [1.165, 1.54) is 6.07 Å². The summed E-state index contributed by atoms with van der Waals surface area (Å²) in [6.45, 7) is 6.54. The number of hydrogen-bond donors (Lipinski definition) is 0. The first-order valence-electron chi connectivity index (χ1n) is 6.73. The second-order valence-electron chi connectivity index (χ2n) is 5.05. The summed E-state index contributed by atoms with van der Waals surface area (Å²) in [6, 6.07) is 3.31. The van der Waals surface area contributed by atoms with Gasteiger partial charge in [0.2, 0.25) is 0 Å². The number of fused-ring (bicyclic) bond motifs is 1. The van der Waals surface area contributed by atoms with Crippen LogP contribution in [0.4, 0.5) is 4.39 Å². The number of imidazole rings is 1. The Kier molecular flexibility index (Phi) is 3.56. The zero-order chi connectivity index (χ0) is 14.3. The van der Waals surface area contributed by atoms with Crippen LogP contribution in [0.5, 0.6) is 0 Å². The molecule has 0 radical (unpaired) electrons. The number of nitrogens with zero attached hydrogens (tertiary/aromatic N) is 3. The van der Waals surface area contributed by atoms with Gasteiger partial charge in [0, 0.05) is 6.07 Å². The predicted molar refractivity (Wildman–Crippen MR) is 77.5 cm³/mol. The topological polar surface area (TPSA) is 30.3 Å². The van der Waals surface area contributed by atoms with Gasteiger partial charge in [-0.2, -0.15) is 0 Å². The van der Waals surface area contributed by atoms with Gasteiger partial charge in [-0.05, 0) is 25.5 Å². The molecule has 4 nitrogen and oxygen atoms in total. The maximum absolute atomic E-state index is 13.7. The van der Waals surface area contributed by atoms with Crippen molar-refractivity contribution in [1.82, 2.24) is 9.66 Å². The van der Waals surface area contributed by atoms with E-state index in [2.05, 4.69) is 9.99 Å². The van der Waals surface area contributed by atoms with E-state index in [-0.39, 0.29) is 11.2 Å². The number of rotatable bonds is 2. The third kappa shape index (κ3) is 2.25. The zero-order valence-electron chi connectivity index (χ0n) is 11.6. The highest BCUT2D eigenvalue weighted by atomic mass is 35.5. The van der Waals surface area contributed by atoms with Crippen molar-refractivity contribution in [2.75, 3.05) is 31.3 Å². The Morgan fingerprint density at radius 3 is 2.70 bits per heavy atom. The van der Waals surface area contributed by atoms with Crippen LogP contribution in [0.3, 0.4) is 0 Å². The van der Waals surface area contributed by atoms with Crippen molar-refractivity contribution in [2.24, 2.45) is 0 Å². The third-order valence-electron chi connectivity index (χ3n) is 3.56. The van der Waals surface area contributed by atoms with Crippen molar-refractivity contribution >= 4 is 22.6 Å². The molecule has 1 saturated heterocycles. The lowest BCUT2D eigenvalue weighted by Crippen LogP contribution is -2.44. The van der Waals surface area contributed by atoms with Crippen molar-refractivity contribution in [3.05, 3.63) is 29.3 Å². The first-order chi connectivity index (χ1) is 9.58. The summed E-state index contributed by atoms with van der Waals surface area (Å²) in [7, 11) is 0. The molecule has 1 aliphatic heterocycles. The van der Waals surface area contributed by atoms with Crippen LogP contribution < -0.4 is 5.01 Å². The van der Waals surface area contributed by atoms with E-state index < -0.39 is 0 Å². The SMILES string of the molecule is Cc1cc2c(cc1F)nc(C(C)Cl)n2N1CCOCC1. The minimum absolute atomic E-state index is 0.238. The summed E-state index contributed by atoms with van der Waals surface area (Å²) in [4.78, 5) is 4.50. The van der Waals surface area contributed by atoms with Crippen LogP contribution in [-0.2, 0) is 4.74 Å². The number of morpholine rings is 1. The summed E-state index contributed by atoms with van der Waals surface area (Å²) >= 11 is 6.24. The molecule has 0 N–H and O–H groups in total. The van der Waals surface area contributed by atoms with Crippen molar-refractivity contribution in [3.63, 3.8) is 0 Å². The smallest absolute Gasteiger partial charge is 0.146 e. The first kappa shape index (κ1) is 13.6. The lowest BCUT2D eigenvalue weighted by Gasteiger charge is -2.31. The van der Waals surface area contributed by atoms with Crippen LogP contribution in [-0.4, -0.2) is 36.0 Å². The summed E-state index contributed by atoms with van der Waals surface area (Å²) in [5, 5.41) is 1.92. The van der Waals surface area contributed by atoms with E-state index in [9.17, 15) is 4.39 Å². The number of aryl methyl sites for hydroxylation is 1. The summed E-state index contributed by atoms with van der Waals surface area (Å²) in [5.41, 5.74) is 2.15. The predicted octanol–water partition coefficient (Wildman–Crippen LogP) is 2.75. The van der Waals surface area contributed by atoms with Crippen LogP contribution in [0.15, 0.2) is 12.1 Å². The molecule has 6 heteroatoms. The summed E-state index contributed by atoms with van der Waals surface area (Å²) < 4.78 is 21.1. The van der Waals surface area contributed by atoms with Gasteiger partial charge in [-0.15, -0.1) is 11.6 Å². The molecular formula is C14H17ClFN3O. The van der Waals surface area contributed by atoms with Crippen molar-refractivity contribution < 1.29 is 9.13 Å². The Balaban J connectivity index is 2.20. The average molecular weight is 298 g/mol. The van der Waals surface area contributed by atoms with Crippen molar-refractivity contribution in [1.29, 1.82) is 0 Å². The quantitative estimate of drug-likeness (QED) is 0.799. The Bertz CT molecular complexity index is 635. The van der Waals surface area contributed by atoms with Crippen molar-refractivity contribution in [2.45, 2.75) is 19.2 Å². The second kappa shape index (κ2) is 5.22. The molecule has 1 unspecified atom stereocenters. The van der Waals surface area contributed by atoms with Gasteiger partial charge >= 0.3 is 0 Å². The number of aromatic nitrogens is 2. The van der Waals surface area contributed by atoms with Crippen LogP contribution in [0.2, 0.25) is 0 Å². The molecule has 2 heterocycles. The zero-order valence-corrected chi connectivity index (χ0v) is 12.3. The van der Waals surface area contributed by atoms with E-state index in [1.807, 2.05) is 17.7 Å². The minimum atomic E-state index is -0.242. The standard InChI is InChI=1S/C14H17ClFN3O/c1-9-7-13-12(8-11(9)16)17-14(10(2)15)19(13)18-3-5-20-6-4-18/h7-8,10H,3-6H2,1-2H3. The van der Waals surface area contributed by atoms with E-state index in [1.54, 1.807) is 6.92 Å². The Hall–Kier alpha value is -1.33. The fourth-order valence-corrected chi connectivity index (χ4v) is 2.66. The molecule has 0 spiro atoms. The maximum atomic E-state index is 13.7. The monoisotopic (exact) mass is 297 g/mol. The molecule has 108 valence electrons. The van der Waals surface area contributed by atoms with E-state index in [0.717, 1.165) is 24.4 Å². The molecule has 0 aliphatic carbocycles. The van der Waals surface area contributed by atoms with Gasteiger partial charge in [0.05, 0.1) is 42.7 Å². The minimum Gasteiger partial charge on any atom is -0.378 e. The van der Waals surface area contributed by atoms with E-state index in [4.69, 9.17) is 16.3 Å². The number of hydrogen-bond acceptors (Lipinski definition) is 3. The molecule has 1 fully saturated rings. The summed E-state index contributed by atoms with van der Waals surface area (Å²) in [6.07, 6.45) is 0. The maximum Gasteiger partial charge on any atom is 0.146 e. The van der Waals surface area contributed by atoms with Gasteiger partial charge in [0.25, 0.3) is 0 Å². The van der Waals surface area contributed by atoms with Gasteiger partial charge in [-0.1, -0.05) is 0 Å². The lowest BCUT2D eigenvalue weighted by molar-refractivity contribution is 0.111. The summed E-state index contributed by atoms with van der Waals surface area (Å²) in [5.74, 6) is 0.506. The molecule has 1 aromatic carbocycles. The fraction of sp³-hybridized carbons (Fsp3) is 0.500. The van der Waals surface area contributed by atoms with Gasteiger partial charge in [-0.3, -0.25) is 0 Å². The largest absolute Gasteiger partial charge is 0.378 e. The molecule has 1 atom stereocenters. The molecule has 3 rings (SSSR count). The molecule has 0 saturated carbocycles. The molecule has 20 heavy (non-hydrogen) atoms. The number of alkyl halides is 1. The van der Waals surface area contributed by atoms with Crippen LogP contribution >= 0.6 is 11.6 Å². The van der Waals surface area contributed by atoms with Crippen LogP contribution in [0, 0.1) is 12.7 Å². The average Bonchev–Trinajstić information content (AvgIpc) is 2.79. The van der Waals surface area contributed by atoms with Gasteiger partial charge < -0.3 is 9.75 Å². The van der Waals surface area contributed by atoms with E-state index >= 15 is 0 Å². The van der Waals surface area contributed by atoms with Crippen molar-refractivity contribution in [3.8, 4) is 0 Å².